The van der Waals surface area contributed by atoms with Gasteiger partial charge in [0.1, 0.15) is 5.82 Å². The van der Waals surface area contributed by atoms with Gasteiger partial charge in [0.05, 0.1) is 23.9 Å². The number of rotatable bonds is 6. The molecule has 1 aliphatic rings. The van der Waals surface area contributed by atoms with E-state index in [9.17, 15) is 4.39 Å². The van der Waals surface area contributed by atoms with E-state index in [1.807, 2.05) is 24.3 Å². The van der Waals surface area contributed by atoms with Gasteiger partial charge < -0.3 is 15.0 Å². The topological polar surface area (TPSA) is 27.7 Å². The number of para-hydroxylation sites is 1. The van der Waals surface area contributed by atoms with Gasteiger partial charge in [-0.2, -0.15) is 0 Å². The maximum atomic E-state index is 13.2. The molecule has 1 N–H and O–H groups in total. The lowest BCUT2D eigenvalue weighted by Crippen LogP contribution is -2.44. The van der Waals surface area contributed by atoms with E-state index in [4.69, 9.17) is 28.6 Å². The average Bonchev–Trinajstić information content (AvgIpc) is 2.69. The summed E-state index contributed by atoms with van der Waals surface area (Å²) in [5.74, 6) is -0.240. The lowest BCUT2D eigenvalue weighted by molar-refractivity contribution is 0.0358. The number of nitrogens with zero attached hydrogens (tertiary/aromatic N) is 2. The number of halogens is 2. The lowest BCUT2D eigenvalue weighted by Gasteiger charge is -2.31. The van der Waals surface area contributed by atoms with Gasteiger partial charge in [0, 0.05) is 32.7 Å². The third kappa shape index (κ3) is 6.14. The van der Waals surface area contributed by atoms with Crippen LogP contribution in [0.25, 0.3) is 0 Å². The Kier molecular flexibility index (Phi) is 7.41. The zero-order valence-electron chi connectivity index (χ0n) is 15.0. The number of hydrogen-bond acceptors (Lipinski definition) is 3. The van der Waals surface area contributed by atoms with Crippen LogP contribution in [0.4, 0.5) is 10.1 Å². The summed E-state index contributed by atoms with van der Waals surface area (Å²) in [6, 6.07) is 14.0. The molecule has 0 spiro atoms. The SMILES string of the molecule is Fc1ccc(CN(CCN2CCOCC2)C(=S)Nc2ccccc2Cl)cc1. The first-order valence-corrected chi connectivity index (χ1v) is 9.75. The molecule has 1 heterocycles. The number of thiocarbonyl (C=S) groups is 1. The van der Waals surface area contributed by atoms with Crippen molar-refractivity contribution in [3.63, 3.8) is 0 Å². The molecular formula is C20H23ClFN3OS. The van der Waals surface area contributed by atoms with Crippen molar-refractivity contribution < 1.29 is 9.13 Å². The largest absolute Gasteiger partial charge is 0.379 e. The summed E-state index contributed by atoms with van der Waals surface area (Å²) in [5, 5.41) is 4.46. The second-order valence-corrected chi connectivity index (χ2v) is 7.21. The Morgan fingerprint density at radius 1 is 1.15 bits per heavy atom. The molecule has 0 aromatic heterocycles. The van der Waals surface area contributed by atoms with Gasteiger partial charge in [0.15, 0.2) is 5.11 Å². The number of hydrogen-bond donors (Lipinski definition) is 1. The van der Waals surface area contributed by atoms with Gasteiger partial charge in [0.2, 0.25) is 0 Å². The molecule has 0 unspecified atom stereocenters. The van der Waals surface area contributed by atoms with Crippen molar-refractivity contribution in [2.75, 3.05) is 44.7 Å². The summed E-state index contributed by atoms with van der Waals surface area (Å²) in [5.41, 5.74) is 1.78. The molecule has 27 heavy (non-hydrogen) atoms. The summed E-state index contributed by atoms with van der Waals surface area (Å²) in [4.78, 5) is 4.45. The zero-order valence-corrected chi connectivity index (χ0v) is 16.6. The maximum Gasteiger partial charge on any atom is 0.173 e. The van der Waals surface area contributed by atoms with E-state index in [-0.39, 0.29) is 5.82 Å². The van der Waals surface area contributed by atoms with Gasteiger partial charge in [-0.15, -0.1) is 0 Å². The van der Waals surface area contributed by atoms with Crippen LogP contribution in [0.5, 0.6) is 0 Å². The Bertz CT molecular complexity index is 753. The van der Waals surface area contributed by atoms with Crippen LogP contribution in [0.2, 0.25) is 5.02 Å². The molecule has 3 rings (SSSR count). The Hall–Kier alpha value is -1.73. The number of anilines is 1. The smallest absolute Gasteiger partial charge is 0.173 e. The first-order valence-electron chi connectivity index (χ1n) is 8.97. The van der Waals surface area contributed by atoms with Crippen molar-refractivity contribution >= 4 is 34.6 Å². The summed E-state index contributed by atoms with van der Waals surface area (Å²) in [6.07, 6.45) is 0. The molecule has 7 heteroatoms. The Labute approximate surface area is 169 Å². The molecule has 0 radical (unpaired) electrons. The van der Waals surface area contributed by atoms with Crippen molar-refractivity contribution in [1.29, 1.82) is 0 Å². The summed E-state index contributed by atoms with van der Waals surface area (Å²) < 4.78 is 18.6. The van der Waals surface area contributed by atoms with E-state index in [2.05, 4.69) is 15.1 Å². The minimum atomic E-state index is -0.240. The fraction of sp³-hybridized carbons (Fsp3) is 0.350. The molecule has 4 nitrogen and oxygen atoms in total. The summed E-state index contributed by atoms with van der Waals surface area (Å²) >= 11 is 11.9. The Balaban J connectivity index is 1.68. The first kappa shape index (κ1) is 20.0. The fourth-order valence-corrected chi connectivity index (χ4v) is 3.36. The number of ether oxygens (including phenoxy) is 1. The monoisotopic (exact) mass is 407 g/mol. The van der Waals surface area contributed by atoms with Crippen LogP contribution in [-0.2, 0) is 11.3 Å². The quantitative estimate of drug-likeness (QED) is 0.730. The second kappa shape index (κ2) is 9.99. The molecule has 144 valence electrons. The highest BCUT2D eigenvalue weighted by atomic mass is 35.5. The van der Waals surface area contributed by atoms with Gasteiger partial charge in [-0.05, 0) is 42.0 Å². The number of benzene rings is 2. The summed E-state index contributed by atoms with van der Waals surface area (Å²) in [6.45, 7) is 5.62. The van der Waals surface area contributed by atoms with Crippen molar-refractivity contribution in [3.05, 3.63) is 64.9 Å². The molecule has 2 aromatic carbocycles. The van der Waals surface area contributed by atoms with Gasteiger partial charge in [0.25, 0.3) is 0 Å². The zero-order chi connectivity index (χ0) is 19.1. The van der Waals surface area contributed by atoms with Gasteiger partial charge in [-0.25, -0.2) is 4.39 Å². The third-order valence-electron chi connectivity index (χ3n) is 4.48. The number of nitrogens with one attached hydrogen (secondary N) is 1. The Morgan fingerprint density at radius 3 is 2.56 bits per heavy atom. The standard InChI is InChI=1S/C20H23ClFN3OS/c21-18-3-1-2-4-19(18)23-20(27)25(10-9-24-11-13-26-14-12-24)15-16-5-7-17(22)8-6-16/h1-8H,9-15H2,(H,23,27). The molecular weight excluding hydrogens is 385 g/mol. The minimum Gasteiger partial charge on any atom is -0.379 e. The second-order valence-electron chi connectivity index (χ2n) is 6.41. The van der Waals surface area contributed by atoms with Gasteiger partial charge in [-0.1, -0.05) is 35.9 Å². The molecule has 0 aliphatic carbocycles. The van der Waals surface area contributed by atoms with Crippen molar-refractivity contribution in [3.8, 4) is 0 Å². The maximum absolute atomic E-state index is 13.2. The molecule has 0 saturated carbocycles. The first-order chi connectivity index (χ1) is 13.1. The molecule has 0 bridgehead atoms. The predicted octanol–water partition coefficient (Wildman–Crippen LogP) is 4.01. The molecule has 2 aromatic rings. The Morgan fingerprint density at radius 2 is 1.85 bits per heavy atom. The van der Waals surface area contributed by atoms with Crippen LogP contribution in [0, 0.1) is 5.82 Å². The molecule has 0 atom stereocenters. The van der Waals surface area contributed by atoms with Crippen LogP contribution in [0.15, 0.2) is 48.5 Å². The predicted molar refractivity (Wildman–Crippen MR) is 112 cm³/mol. The lowest BCUT2D eigenvalue weighted by atomic mass is 10.2. The van der Waals surface area contributed by atoms with Crippen LogP contribution in [0.3, 0.4) is 0 Å². The molecule has 0 amide bonds. The van der Waals surface area contributed by atoms with E-state index in [1.54, 1.807) is 12.1 Å². The van der Waals surface area contributed by atoms with E-state index >= 15 is 0 Å². The third-order valence-corrected chi connectivity index (χ3v) is 5.17. The average molecular weight is 408 g/mol. The molecule has 1 fully saturated rings. The normalized spacial score (nSPS) is 14.7. The highest BCUT2D eigenvalue weighted by molar-refractivity contribution is 7.80. The van der Waals surface area contributed by atoms with Crippen molar-refractivity contribution in [2.45, 2.75) is 6.54 Å². The summed E-state index contributed by atoms with van der Waals surface area (Å²) in [7, 11) is 0. The van der Waals surface area contributed by atoms with E-state index < -0.39 is 0 Å². The van der Waals surface area contributed by atoms with Crippen LogP contribution < -0.4 is 5.32 Å². The minimum absolute atomic E-state index is 0.240. The van der Waals surface area contributed by atoms with Gasteiger partial charge >= 0.3 is 0 Å². The van der Waals surface area contributed by atoms with E-state index in [0.29, 0.717) is 16.7 Å². The number of morpholine rings is 1. The van der Waals surface area contributed by atoms with Crippen LogP contribution in [0.1, 0.15) is 5.56 Å². The molecule has 1 aliphatic heterocycles. The van der Waals surface area contributed by atoms with Crippen molar-refractivity contribution in [1.82, 2.24) is 9.80 Å². The van der Waals surface area contributed by atoms with E-state index in [0.717, 1.165) is 50.6 Å². The van der Waals surface area contributed by atoms with Gasteiger partial charge in [-0.3, -0.25) is 4.90 Å². The highest BCUT2D eigenvalue weighted by Crippen LogP contribution is 2.21. The van der Waals surface area contributed by atoms with Crippen molar-refractivity contribution in [2.24, 2.45) is 0 Å². The molecule has 1 saturated heterocycles. The van der Waals surface area contributed by atoms with Crippen LogP contribution >= 0.6 is 23.8 Å². The van der Waals surface area contributed by atoms with E-state index in [1.165, 1.54) is 12.1 Å². The fourth-order valence-electron chi connectivity index (χ4n) is 2.91. The highest BCUT2D eigenvalue weighted by Gasteiger charge is 2.16. The van der Waals surface area contributed by atoms with Crippen LogP contribution in [-0.4, -0.2) is 54.3 Å².